The van der Waals surface area contributed by atoms with E-state index in [0.29, 0.717) is 0 Å². The van der Waals surface area contributed by atoms with Gasteiger partial charge >= 0.3 is 0 Å². The SMILES string of the molecule is COc1ccc2c(c1)NC1(CCN(Cc3ccccc3)CC1)c1cccn1-2. The first-order valence-corrected chi connectivity index (χ1v) is 9.68. The van der Waals surface area contributed by atoms with Crippen LogP contribution in [0.4, 0.5) is 5.69 Å². The molecule has 0 unspecified atom stereocenters. The van der Waals surface area contributed by atoms with Crippen LogP contribution in [0.2, 0.25) is 0 Å². The van der Waals surface area contributed by atoms with E-state index in [1.807, 2.05) is 6.07 Å². The van der Waals surface area contributed by atoms with Crippen LogP contribution in [0.25, 0.3) is 5.69 Å². The van der Waals surface area contributed by atoms with Gasteiger partial charge in [0.05, 0.1) is 24.0 Å². The molecule has 4 nitrogen and oxygen atoms in total. The Morgan fingerprint density at radius 1 is 1.00 bits per heavy atom. The van der Waals surface area contributed by atoms with Gasteiger partial charge < -0.3 is 14.6 Å². The smallest absolute Gasteiger partial charge is 0.121 e. The molecule has 138 valence electrons. The van der Waals surface area contributed by atoms with Crippen LogP contribution in [0, 0.1) is 0 Å². The van der Waals surface area contributed by atoms with Crippen molar-refractivity contribution in [3.8, 4) is 11.4 Å². The van der Waals surface area contributed by atoms with Crippen molar-refractivity contribution >= 4 is 5.69 Å². The van der Waals surface area contributed by atoms with Crippen LogP contribution >= 0.6 is 0 Å². The Bertz CT molecular complexity index is 939. The Morgan fingerprint density at radius 2 is 1.81 bits per heavy atom. The molecular formula is C23H25N3O. The molecule has 2 aromatic carbocycles. The highest BCUT2D eigenvalue weighted by Gasteiger charge is 2.41. The molecule has 3 aromatic rings. The van der Waals surface area contributed by atoms with Crippen LogP contribution in [-0.4, -0.2) is 29.7 Å². The Hall–Kier alpha value is -2.72. The van der Waals surface area contributed by atoms with Crippen LogP contribution in [-0.2, 0) is 12.1 Å². The number of nitrogens with zero attached hydrogens (tertiary/aromatic N) is 2. The van der Waals surface area contributed by atoms with E-state index >= 15 is 0 Å². The molecule has 0 amide bonds. The first-order chi connectivity index (χ1) is 13.3. The molecule has 0 aliphatic carbocycles. The van der Waals surface area contributed by atoms with Crippen molar-refractivity contribution < 1.29 is 4.74 Å². The number of hydrogen-bond donors (Lipinski definition) is 1. The van der Waals surface area contributed by atoms with Gasteiger partial charge in [-0.25, -0.2) is 0 Å². The van der Waals surface area contributed by atoms with Gasteiger partial charge in [-0.05, 0) is 42.7 Å². The second-order valence-electron chi connectivity index (χ2n) is 7.62. The maximum absolute atomic E-state index is 5.45. The van der Waals surface area contributed by atoms with Gasteiger partial charge in [0.25, 0.3) is 0 Å². The fraction of sp³-hybridized carbons (Fsp3) is 0.304. The molecule has 1 aromatic heterocycles. The lowest BCUT2D eigenvalue weighted by atomic mass is 9.82. The average Bonchev–Trinajstić information content (AvgIpc) is 3.21. The first-order valence-electron chi connectivity index (χ1n) is 9.68. The van der Waals surface area contributed by atoms with E-state index in [4.69, 9.17) is 4.74 Å². The van der Waals surface area contributed by atoms with Gasteiger partial charge in [-0.15, -0.1) is 0 Å². The summed E-state index contributed by atoms with van der Waals surface area (Å²) in [6.07, 6.45) is 4.38. The van der Waals surface area contributed by atoms with E-state index in [1.165, 1.54) is 16.9 Å². The van der Waals surface area contributed by atoms with Crippen LogP contribution < -0.4 is 10.1 Å². The van der Waals surface area contributed by atoms with Crippen LogP contribution in [0.1, 0.15) is 24.1 Å². The quantitative estimate of drug-likeness (QED) is 0.751. The molecule has 0 atom stereocenters. The number of nitrogens with one attached hydrogen (secondary N) is 1. The fourth-order valence-electron chi connectivity index (χ4n) is 4.57. The van der Waals surface area contributed by atoms with E-state index in [2.05, 4.69) is 75.6 Å². The predicted molar refractivity (Wildman–Crippen MR) is 109 cm³/mol. The molecule has 3 heterocycles. The highest BCUT2D eigenvalue weighted by Crippen LogP contribution is 2.44. The third-order valence-corrected chi connectivity index (χ3v) is 6.03. The summed E-state index contributed by atoms with van der Waals surface area (Å²) in [5.41, 5.74) is 5.13. The van der Waals surface area contributed by atoms with Gasteiger partial charge in [0, 0.05) is 37.6 Å². The molecule has 27 heavy (non-hydrogen) atoms. The monoisotopic (exact) mass is 359 g/mol. The molecule has 4 heteroatoms. The summed E-state index contributed by atoms with van der Waals surface area (Å²) in [5.74, 6) is 0.897. The van der Waals surface area contributed by atoms with Gasteiger partial charge in [-0.2, -0.15) is 0 Å². The van der Waals surface area contributed by atoms with E-state index in [9.17, 15) is 0 Å². The van der Waals surface area contributed by atoms with E-state index in [1.54, 1.807) is 7.11 Å². The normalized spacial score (nSPS) is 17.8. The molecule has 5 rings (SSSR count). The van der Waals surface area contributed by atoms with Crippen molar-refractivity contribution in [3.05, 3.63) is 78.1 Å². The molecule has 2 aliphatic rings. The Kier molecular flexibility index (Phi) is 3.94. The van der Waals surface area contributed by atoms with Crippen molar-refractivity contribution in [2.75, 3.05) is 25.5 Å². The number of likely N-dealkylation sites (tertiary alicyclic amines) is 1. The molecule has 1 saturated heterocycles. The van der Waals surface area contributed by atoms with Gasteiger partial charge in [0.1, 0.15) is 5.75 Å². The Morgan fingerprint density at radius 3 is 2.59 bits per heavy atom. The number of ether oxygens (including phenoxy) is 1. The van der Waals surface area contributed by atoms with E-state index < -0.39 is 0 Å². The lowest BCUT2D eigenvalue weighted by Gasteiger charge is -2.46. The van der Waals surface area contributed by atoms with Crippen molar-refractivity contribution in [2.45, 2.75) is 24.9 Å². The minimum absolute atomic E-state index is 0.00392. The van der Waals surface area contributed by atoms with Crippen molar-refractivity contribution in [1.82, 2.24) is 9.47 Å². The van der Waals surface area contributed by atoms with Crippen molar-refractivity contribution in [3.63, 3.8) is 0 Å². The highest BCUT2D eigenvalue weighted by atomic mass is 16.5. The fourth-order valence-corrected chi connectivity index (χ4v) is 4.57. The molecular weight excluding hydrogens is 334 g/mol. The summed E-state index contributed by atoms with van der Waals surface area (Å²) >= 11 is 0. The van der Waals surface area contributed by atoms with Crippen LogP contribution in [0.15, 0.2) is 66.9 Å². The first kappa shape index (κ1) is 16.5. The Labute approximate surface area is 160 Å². The maximum Gasteiger partial charge on any atom is 0.121 e. The summed E-state index contributed by atoms with van der Waals surface area (Å²) < 4.78 is 7.80. The van der Waals surface area contributed by atoms with Crippen molar-refractivity contribution in [1.29, 1.82) is 0 Å². The summed E-state index contributed by atoms with van der Waals surface area (Å²) in [6.45, 7) is 3.21. The summed E-state index contributed by atoms with van der Waals surface area (Å²) in [5, 5.41) is 3.89. The van der Waals surface area contributed by atoms with Gasteiger partial charge in [0.2, 0.25) is 0 Å². The van der Waals surface area contributed by atoms with E-state index in [0.717, 1.165) is 43.9 Å². The Balaban J connectivity index is 1.41. The summed E-state index contributed by atoms with van der Waals surface area (Å²) in [7, 11) is 1.73. The molecule has 0 radical (unpaired) electrons. The average molecular weight is 359 g/mol. The summed E-state index contributed by atoms with van der Waals surface area (Å²) in [4.78, 5) is 2.57. The number of fused-ring (bicyclic) bond motifs is 4. The number of rotatable bonds is 3. The third-order valence-electron chi connectivity index (χ3n) is 6.03. The number of aromatic nitrogens is 1. The molecule has 2 aliphatic heterocycles. The van der Waals surface area contributed by atoms with Crippen LogP contribution in [0.5, 0.6) is 5.75 Å². The molecule has 1 fully saturated rings. The lowest BCUT2D eigenvalue weighted by Crippen LogP contribution is -2.49. The number of hydrogen-bond acceptors (Lipinski definition) is 3. The highest BCUT2D eigenvalue weighted by molar-refractivity contribution is 5.69. The zero-order valence-corrected chi connectivity index (χ0v) is 15.7. The maximum atomic E-state index is 5.45. The summed E-state index contributed by atoms with van der Waals surface area (Å²) in [6, 6.07) is 21.5. The molecule has 1 N–H and O–H groups in total. The minimum atomic E-state index is -0.00392. The van der Waals surface area contributed by atoms with Gasteiger partial charge in [-0.1, -0.05) is 30.3 Å². The number of methoxy groups -OCH3 is 1. The minimum Gasteiger partial charge on any atom is -0.497 e. The van der Waals surface area contributed by atoms with Gasteiger partial charge in [0.15, 0.2) is 0 Å². The van der Waals surface area contributed by atoms with E-state index in [-0.39, 0.29) is 5.54 Å². The van der Waals surface area contributed by atoms with Gasteiger partial charge in [-0.3, -0.25) is 4.90 Å². The third kappa shape index (κ3) is 2.81. The second kappa shape index (κ2) is 6.46. The number of piperidine rings is 1. The molecule has 1 spiro atoms. The molecule has 0 saturated carbocycles. The zero-order valence-electron chi connectivity index (χ0n) is 15.7. The predicted octanol–water partition coefficient (Wildman–Crippen LogP) is 4.40. The van der Waals surface area contributed by atoms with Crippen LogP contribution in [0.3, 0.4) is 0 Å². The second-order valence-corrected chi connectivity index (χ2v) is 7.62. The zero-order chi connectivity index (χ0) is 18.3. The topological polar surface area (TPSA) is 29.4 Å². The standard InChI is InChI=1S/C23H25N3O/c1-27-19-9-10-21-20(16-19)24-23(22-8-5-13-26(21)22)11-14-25(15-12-23)17-18-6-3-2-4-7-18/h2-10,13,16,24H,11-12,14-15,17H2,1H3. The lowest BCUT2D eigenvalue weighted by molar-refractivity contribution is 0.162. The van der Waals surface area contributed by atoms with Crippen molar-refractivity contribution in [2.24, 2.45) is 0 Å². The molecule has 0 bridgehead atoms. The number of anilines is 1. The number of benzene rings is 2. The largest absolute Gasteiger partial charge is 0.497 e.